The summed E-state index contributed by atoms with van der Waals surface area (Å²) >= 11 is 0. The number of aromatic nitrogens is 4. The van der Waals surface area contributed by atoms with E-state index in [2.05, 4.69) is 15.0 Å². The van der Waals surface area contributed by atoms with Crippen molar-refractivity contribution in [3.8, 4) is 11.4 Å². The van der Waals surface area contributed by atoms with Crippen LogP contribution in [0, 0.1) is 6.92 Å². The third kappa shape index (κ3) is 1.82. The van der Waals surface area contributed by atoms with Gasteiger partial charge < -0.3 is 5.21 Å². The number of aryl methyl sites for hydroxylation is 1. The second-order valence-corrected chi connectivity index (χ2v) is 4.97. The van der Waals surface area contributed by atoms with Crippen molar-refractivity contribution in [3.05, 3.63) is 54.1 Å². The summed E-state index contributed by atoms with van der Waals surface area (Å²) in [6, 6.07) is 15.3. The summed E-state index contributed by atoms with van der Waals surface area (Å²) in [5.41, 5.74) is 4.28. The summed E-state index contributed by atoms with van der Waals surface area (Å²) in [4.78, 5) is 13.3. The summed E-state index contributed by atoms with van der Waals surface area (Å²) < 4.78 is 0.999. The molecule has 4 aromatic rings. The van der Waals surface area contributed by atoms with Crippen LogP contribution in [0.3, 0.4) is 0 Å². The Labute approximate surface area is 120 Å². The number of fused-ring (bicyclic) bond motifs is 2. The second-order valence-electron chi connectivity index (χ2n) is 4.97. The molecular formula is C16H12N4O. The van der Waals surface area contributed by atoms with Gasteiger partial charge in [0.25, 0.3) is 0 Å². The highest BCUT2D eigenvalue weighted by Gasteiger charge is 2.15. The van der Waals surface area contributed by atoms with Crippen LogP contribution in [0.5, 0.6) is 0 Å². The molecule has 5 nitrogen and oxygen atoms in total. The SMILES string of the molecule is Cc1ccc(-c2nc3nc4ccccc4nc3n2O)cc1. The highest BCUT2D eigenvalue weighted by Crippen LogP contribution is 2.23. The van der Waals surface area contributed by atoms with E-state index in [0.29, 0.717) is 17.1 Å². The van der Waals surface area contributed by atoms with Gasteiger partial charge in [-0.3, -0.25) is 0 Å². The summed E-state index contributed by atoms with van der Waals surface area (Å²) in [5.74, 6) is 0.445. The molecule has 1 N–H and O–H groups in total. The van der Waals surface area contributed by atoms with Crippen LogP contribution in [0.4, 0.5) is 0 Å². The average molecular weight is 276 g/mol. The lowest BCUT2D eigenvalue weighted by molar-refractivity contribution is 0.201. The van der Waals surface area contributed by atoms with Crippen LogP contribution in [-0.2, 0) is 0 Å². The molecule has 0 amide bonds. The maximum atomic E-state index is 10.3. The van der Waals surface area contributed by atoms with E-state index in [9.17, 15) is 5.21 Å². The number of para-hydroxylation sites is 2. The molecule has 0 unspecified atom stereocenters. The van der Waals surface area contributed by atoms with Crippen LogP contribution >= 0.6 is 0 Å². The minimum absolute atomic E-state index is 0.365. The van der Waals surface area contributed by atoms with Crippen molar-refractivity contribution in [2.45, 2.75) is 6.92 Å². The number of hydrogen-bond donors (Lipinski definition) is 1. The summed E-state index contributed by atoms with van der Waals surface area (Å²) in [6.45, 7) is 2.02. The molecule has 0 fully saturated rings. The molecule has 21 heavy (non-hydrogen) atoms. The molecule has 5 heteroatoms. The molecule has 2 heterocycles. The molecule has 0 aliphatic heterocycles. The molecule has 0 aliphatic carbocycles. The number of hydrogen-bond acceptors (Lipinski definition) is 4. The van der Waals surface area contributed by atoms with Gasteiger partial charge in [0.05, 0.1) is 11.0 Å². The van der Waals surface area contributed by atoms with E-state index in [1.165, 1.54) is 0 Å². The predicted molar refractivity (Wildman–Crippen MR) is 80.2 cm³/mol. The standard InChI is InChI=1S/C16H12N4O/c1-10-6-8-11(9-7-10)15-19-14-16(20(15)21)18-13-5-3-2-4-12(13)17-14/h2-9,21H,1H3. The lowest BCUT2D eigenvalue weighted by Gasteiger charge is -2.01. The van der Waals surface area contributed by atoms with Gasteiger partial charge in [-0.25, -0.2) is 15.0 Å². The van der Waals surface area contributed by atoms with Gasteiger partial charge in [0.1, 0.15) is 0 Å². The Bertz CT molecular complexity index is 957. The summed E-state index contributed by atoms with van der Waals surface area (Å²) in [5, 5.41) is 10.3. The van der Waals surface area contributed by atoms with Gasteiger partial charge >= 0.3 is 0 Å². The zero-order chi connectivity index (χ0) is 14.4. The van der Waals surface area contributed by atoms with Crippen molar-refractivity contribution in [1.29, 1.82) is 0 Å². The summed E-state index contributed by atoms with van der Waals surface area (Å²) in [6.07, 6.45) is 0. The number of rotatable bonds is 1. The topological polar surface area (TPSA) is 63.8 Å². The molecule has 102 valence electrons. The van der Waals surface area contributed by atoms with Gasteiger partial charge in [-0.2, -0.15) is 0 Å². The van der Waals surface area contributed by atoms with Gasteiger partial charge in [-0.15, -0.1) is 4.73 Å². The summed E-state index contributed by atoms with van der Waals surface area (Å²) in [7, 11) is 0. The van der Waals surface area contributed by atoms with E-state index in [0.717, 1.165) is 26.9 Å². The number of imidazole rings is 1. The molecule has 0 spiro atoms. The van der Waals surface area contributed by atoms with E-state index in [-0.39, 0.29) is 0 Å². The maximum absolute atomic E-state index is 10.3. The zero-order valence-corrected chi connectivity index (χ0v) is 11.4. The first-order valence-electron chi connectivity index (χ1n) is 6.64. The minimum atomic E-state index is 0.365. The molecule has 2 aromatic carbocycles. The molecule has 0 saturated carbocycles. The van der Waals surface area contributed by atoms with E-state index >= 15 is 0 Å². The van der Waals surface area contributed by atoms with Crippen molar-refractivity contribution in [1.82, 2.24) is 19.7 Å². The van der Waals surface area contributed by atoms with Gasteiger partial charge in [0.2, 0.25) is 11.3 Å². The first-order chi connectivity index (χ1) is 10.2. The normalized spacial score (nSPS) is 11.3. The van der Waals surface area contributed by atoms with Crippen molar-refractivity contribution in [2.24, 2.45) is 0 Å². The van der Waals surface area contributed by atoms with Gasteiger partial charge in [0.15, 0.2) is 5.82 Å². The van der Waals surface area contributed by atoms with E-state index in [1.54, 1.807) is 0 Å². The fourth-order valence-corrected chi connectivity index (χ4v) is 2.34. The van der Waals surface area contributed by atoms with E-state index < -0.39 is 0 Å². The molecule has 0 aliphatic rings. The smallest absolute Gasteiger partial charge is 0.216 e. The third-order valence-electron chi connectivity index (χ3n) is 3.46. The predicted octanol–water partition coefficient (Wildman–Crippen LogP) is 3.19. The minimum Gasteiger partial charge on any atom is -0.425 e. The Kier molecular flexibility index (Phi) is 2.41. The zero-order valence-electron chi connectivity index (χ0n) is 11.4. The average Bonchev–Trinajstić information content (AvgIpc) is 2.82. The molecule has 0 radical (unpaired) electrons. The number of benzene rings is 2. The van der Waals surface area contributed by atoms with Gasteiger partial charge in [-0.1, -0.05) is 42.0 Å². The van der Waals surface area contributed by atoms with Crippen LogP contribution in [-0.4, -0.2) is 24.9 Å². The fraction of sp³-hybridized carbons (Fsp3) is 0.0625. The van der Waals surface area contributed by atoms with Crippen molar-refractivity contribution in [3.63, 3.8) is 0 Å². The highest BCUT2D eigenvalue weighted by molar-refractivity contribution is 5.84. The van der Waals surface area contributed by atoms with Crippen LogP contribution in [0.1, 0.15) is 5.56 Å². The van der Waals surface area contributed by atoms with E-state index in [1.807, 2.05) is 55.5 Å². The Balaban J connectivity index is 2.00. The monoisotopic (exact) mass is 276 g/mol. The van der Waals surface area contributed by atoms with Crippen molar-refractivity contribution >= 4 is 22.3 Å². The van der Waals surface area contributed by atoms with Crippen LogP contribution in [0.25, 0.3) is 33.7 Å². The molecule has 4 rings (SSSR count). The molecule has 0 atom stereocenters. The number of nitrogens with zero attached hydrogens (tertiary/aromatic N) is 4. The van der Waals surface area contributed by atoms with Crippen molar-refractivity contribution < 1.29 is 5.21 Å². The Morgan fingerprint density at radius 2 is 1.52 bits per heavy atom. The quantitative estimate of drug-likeness (QED) is 0.542. The largest absolute Gasteiger partial charge is 0.425 e. The van der Waals surface area contributed by atoms with Crippen LogP contribution < -0.4 is 0 Å². The van der Waals surface area contributed by atoms with Crippen LogP contribution in [0.15, 0.2) is 48.5 Å². The van der Waals surface area contributed by atoms with Gasteiger partial charge in [0, 0.05) is 5.56 Å². The maximum Gasteiger partial charge on any atom is 0.216 e. The lowest BCUT2D eigenvalue weighted by atomic mass is 10.1. The molecule has 0 bridgehead atoms. The first kappa shape index (κ1) is 11.8. The third-order valence-corrected chi connectivity index (χ3v) is 3.46. The lowest BCUT2D eigenvalue weighted by Crippen LogP contribution is -1.96. The Hall–Kier alpha value is -2.95. The van der Waals surface area contributed by atoms with Gasteiger partial charge in [-0.05, 0) is 19.1 Å². The molecular weight excluding hydrogens is 264 g/mol. The molecule has 0 saturated heterocycles. The molecule has 2 aromatic heterocycles. The van der Waals surface area contributed by atoms with E-state index in [4.69, 9.17) is 0 Å². The second kappa shape index (κ2) is 4.28. The Morgan fingerprint density at radius 3 is 2.24 bits per heavy atom. The highest BCUT2D eigenvalue weighted by atomic mass is 16.5. The van der Waals surface area contributed by atoms with Crippen LogP contribution in [0.2, 0.25) is 0 Å². The Morgan fingerprint density at radius 1 is 0.857 bits per heavy atom. The first-order valence-corrected chi connectivity index (χ1v) is 6.64. The van der Waals surface area contributed by atoms with Crippen molar-refractivity contribution in [2.75, 3.05) is 0 Å². The fourth-order valence-electron chi connectivity index (χ4n) is 2.34.